The molecule has 3 N–H and O–H groups in total. The number of nitrogens with zero attached hydrogens (tertiary/aromatic N) is 1. The summed E-state index contributed by atoms with van der Waals surface area (Å²) in [7, 11) is 1.31. The predicted molar refractivity (Wildman–Crippen MR) is 86.6 cm³/mol. The molecule has 0 amide bonds. The maximum atomic E-state index is 11.8. The molecule has 0 aliphatic heterocycles. The predicted octanol–water partition coefficient (Wildman–Crippen LogP) is 3.62. The minimum atomic E-state index is -0.505. The Balaban J connectivity index is 2.87. The smallest absolute Gasteiger partial charge is 0.343 e. The van der Waals surface area contributed by atoms with Crippen LogP contribution in [0.25, 0.3) is 0 Å². The summed E-state index contributed by atoms with van der Waals surface area (Å²) in [4.78, 5) is 12.2. The van der Waals surface area contributed by atoms with Crippen LogP contribution in [-0.4, -0.2) is 19.6 Å². The average molecular weight is 309 g/mol. The molecule has 0 saturated carbocycles. The molecule has 0 aliphatic rings. The Hall–Kier alpha value is -1.74. The zero-order valence-electron chi connectivity index (χ0n) is 12.9. The van der Waals surface area contributed by atoms with Gasteiger partial charge >= 0.3 is 5.97 Å². The summed E-state index contributed by atoms with van der Waals surface area (Å²) in [5, 5.41) is 13.0. The number of nitrogen functional groups attached to an aromatic ring is 1. The average Bonchev–Trinajstić information content (AvgIpc) is 2.82. The first kappa shape index (κ1) is 17.3. The van der Waals surface area contributed by atoms with Crippen molar-refractivity contribution in [1.82, 2.24) is 0 Å². The Morgan fingerprint density at radius 2 is 2.24 bits per heavy atom. The van der Waals surface area contributed by atoms with Crippen LogP contribution in [0, 0.1) is 17.2 Å². The highest BCUT2D eigenvalue weighted by atomic mass is 32.1. The van der Waals surface area contributed by atoms with Crippen LogP contribution < -0.4 is 11.1 Å². The highest BCUT2D eigenvalue weighted by Gasteiger charge is 2.23. The number of nitriles is 1. The third-order valence-electron chi connectivity index (χ3n) is 3.53. The quantitative estimate of drug-likeness (QED) is 0.716. The number of nitrogens with two attached hydrogens (primary N) is 1. The molecular formula is C15H23N3O2S. The summed E-state index contributed by atoms with van der Waals surface area (Å²) in [5.41, 5.74) is 6.35. The van der Waals surface area contributed by atoms with E-state index >= 15 is 0 Å². The van der Waals surface area contributed by atoms with Crippen molar-refractivity contribution in [3.63, 3.8) is 0 Å². The number of rotatable bonds is 8. The van der Waals surface area contributed by atoms with Gasteiger partial charge in [-0.1, -0.05) is 33.1 Å². The molecule has 0 fully saturated rings. The van der Waals surface area contributed by atoms with Gasteiger partial charge in [0.25, 0.3) is 0 Å². The van der Waals surface area contributed by atoms with Crippen LogP contribution >= 0.6 is 11.3 Å². The first-order chi connectivity index (χ1) is 10.1. The minimum absolute atomic E-state index is 0.207. The lowest BCUT2D eigenvalue weighted by Crippen LogP contribution is -2.15. The van der Waals surface area contributed by atoms with Gasteiger partial charge in [0.15, 0.2) is 0 Å². The molecule has 0 spiro atoms. The molecule has 1 aromatic rings. The van der Waals surface area contributed by atoms with Crippen molar-refractivity contribution in [2.75, 3.05) is 24.7 Å². The van der Waals surface area contributed by atoms with Gasteiger partial charge in [-0.25, -0.2) is 4.79 Å². The van der Waals surface area contributed by atoms with Crippen LogP contribution in [0.2, 0.25) is 0 Å². The van der Waals surface area contributed by atoms with E-state index in [1.54, 1.807) is 0 Å². The molecule has 116 valence electrons. The zero-order chi connectivity index (χ0) is 15.8. The number of methoxy groups -OCH3 is 1. The Labute approximate surface area is 130 Å². The lowest BCUT2D eigenvalue weighted by Gasteiger charge is -2.15. The van der Waals surface area contributed by atoms with Gasteiger partial charge in [-0.05, 0) is 12.3 Å². The van der Waals surface area contributed by atoms with Crippen LogP contribution in [0.4, 0.5) is 10.7 Å². The SMILES string of the molecule is CCCCC(CC)CNc1sc(C#N)c(N)c1C(=O)OC. The Morgan fingerprint density at radius 1 is 1.52 bits per heavy atom. The number of esters is 1. The second-order valence-electron chi connectivity index (χ2n) is 4.95. The van der Waals surface area contributed by atoms with Crippen LogP contribution in [0.3, 0.4) is 0 Å². The maximum absolute atomic E-state index is 11.8. The van der Waals surface area contributed by atoms with E-state index in [1.807, 2.05) is 6.07 Å². The number of nitrogens with one attached hydrogen (secondary N) is 1. The first-order valence-electron chi connectivity index (χ1n) is 7.23. The topological polar surface area (TPSA) is 88.1 Å². The molecule has 5 nitrogen and oxygen atoms in total. The number of ether oxygens (including phenoxy) is 1. The van der Waals surface area contributed by atoms with Gasteiger partial charge in [-0.15, -0.1) is 11.3 Å². The van der Waals surface area contributed by atoms with E-state index in [-0.39, 0.29) is 11.3 Å². The number of carbonyl (C=O) groups is 1. The summed E-state index contributed by atoms with van der Waals surface area (Å²) >= 11 is 1.21. The minimum Gasteiger partial charge on any atom is -0.465 e. The van der Waals surface area contributed by atoms with Gasteiger partial charge in [-0.2, -0.15) is 5.26 Å². The fraction of sp³-hybridized carbons (Fsp3) is 0.600. The van der Waals surface area contributed by atoms with Gasteiger partial charge in [0.2, 0.25) is 0 Å². The van der Waals surface area contributed by atoms with Crippen molar-refractivity contribution in [2.45, 2.75) is 39.5 Å². The number of hydrogen-bond acceptors (Lipinski definition) is 6. The van der Waals surface area contributed by atoms with Gasteiger partial charge < -0.3 is 15.8 Å². The standard InChI is InChI=1S/C15H23N3O2S/c1-4-6-7-10(5-2)9-18-14-12(15(19)20-3)13(17)11(8-16)21-14/h10,18H,4-7,9,17H2,1-3H3. The number of anilines is 2. The Kier molecular flexibility index (Phi) is 7.03. The molecule has 1 atom stereocenters. The Bertz CT molecular complexity index is 520. The lowest BCUT2D eigenvalue weighted by molar-refractivity contribution is 0.0603. The number of thiophene rings is 1. The molecule has 0 saturated heterocycles. The van der Waals surface area contributed by atoms with Gasteiger partial charge in [0.1, 0.15) is 21.5 Å². The molecule has 0 radical (unpaired) electrons. The molecule has 6 heteroatoms. The summed E-state index contributed by atoms with van der Waals surface area (Å²) in [6, 6.07) is 2.02. The maximum Gasteiger partial charge on any atom is 0.343 e. The summed E-state index contributed by atoms with van der Waals surface area (Å²) in [6.07, 6.45) is 4.60. The van der Waals surface area contributed by atoms with Crippen LogP contribution in [0.5, 0.6) is 0 Å². The third-order valence-corrected chi connectivity index (χ3v) is 4.60. The zero-order valence-corrected chi connectivity index (χ0v) is 13.7. The van der Waals surface area contributed by atoms with E-state index in [0.29, 0.717) is 15.8 Å². The van der Waals surface area contributed by atoms with E-state index in [2.05, 4.69) is 19.2 Å². The normalized spacial score (nSPS) is 11.7. The van der Waals surface area contributed by atoms with Crippen molar-refractivity contribution in [1.29, 1.82) is 5.26 Å². The molecule has 0 aromatic carbocycles. The number of unbranched alkanes of at least 4 members (excludes halogenated alkanes) is 1. The monoisotopic (exact) mass is 309 g/mol. The number of carbonyl (C=O) groups excluding carboxylic acids is 1. The van der Waals surface area contributed by atoms with Crippen LogP contribution in [-0.2, 0) is 4.74 Å². The van der Waals surface area contributed by atoms with E-state index < -0.39 is 5.97 Å². The molecule has 1 heterocycles. The van der Waals surface area contributed by atoms with Crippen molar-refractivity contribution in [2.24, 2.45) is 5.92 Å². The number of hydrogen-bond donors (Lipinski definition) is 2. The third kappa shape index (κ3) is 4.36. The van der Waals surface area contributed by atoms with Crippen LogP contribution in [0.1, 0.15) is 54.8 Å². The molecular weight excluding hydrogens is 286 g/mol. The van der Waals surface area contributed by atoms with Gasteiger partial charge in [0, 0.05) is 6.54 Å². The van der Waals surface area contributed by atoms with Crippen LogP contribution in [0.15, 0.2) is 0 Å². The molecule has 1 rings (SSSR count). The molecule has 1 aromatic heterocycles. The second kappa shape index (κ2) is 8.53. The van der Waals surface area contributed by atoms with Gasteiger partial charge in [0.05, 0.1) is 12.8 Å². The highest BCUT2D eigenvalue weighted by Crippen LogP contribution is 2.36. The fourth-order valence-corrected chi connectivity index (χ4v) is 3.05. The van der Waals surface area contributed by atoms with Crippen molar-refractivity contribution in [3.8, 4) is 6.07 Å². The molecule has 0 aliphatic carbocycles. The highest BCUT2D eigenvalue weighted by molar-refractivity contribution is 7.17. The van der Waals surface area contributed by atoms with Gasteiger partial charge in [-0.3, -0.25) is 0 Å². The van der Waals surface area contributed by atoms with Crippen molar-refractivity contribution >= 4 is 28.0 Å². The first-order valence-corrected chi connectivity index (χ1v) is 8.05. The summed E-state index contributed by atoms with van der Waals surface area (Å²) in [5.74, 6) is 0.0404. The molecule has 1 unspecified atom stereocenters. The fourth-order valence-electron chi connectivity index (χ4n) is 2.14. The van der Waals surface area contributed by atoms with E-state index in [9.17, 15) is 4.79 Å². The molecule has 0 bridgehead atoms. The molecule has 21 heavy (non-hydrogen) atoms. The largest absolute Gasteiger partial charge is 0.465 e. The van der Waals surface area contributed by atoms with E-state index in [0.717, 1.165) is 19.4 Å². The van der Waals surface area contributed by atoms with E-state index in [4.69, 9.17) is 15.7 Å². The Morgan fingerprint density at radius 3 is 2.76 bits per heavy atom. The van der Waals surface area contributed by atoms with E-state index in [1.165, 1.54) is 31.3 Å². The summed E-state index contributed by atoms with van der Waals surface area (Å²) < 4.78 is 4.75. The lowest BCUT2D eigenvalue weighted by atomic mass is 9.99. The second-order valence-corrected chi connectivity index (χ2v) is 5.97. The van der Waals surface area contributed by atoms with Crippen molar-refractivity contribution in [3.05, 3.63) is 10.4 Å². The van der Waals surface area contributed by atoms with Crippen molar-refractivity contribution < 1.29 is 9.53 Å². The summed E-state index contributed by atoms with van der Waals surface area (Å²) in [6.45, 7) is 5.10.